The van der Waals surface area contributed by atoms with Gasteiger partial charge in [-0.25, -0.2) is 0 Å². The molecule has 4 aliphatic heterocycles. The molecule has 1 fully saturated rings. The van der Waals surface area contributed by atoms with Crippen molar-refractivity contribution in [2.24, 2.45) is 5.92 Å². The molecule has 1 aromatic heterocycles. The van der Waals surface area contributed by atoms with Crippen molar-refractivity contribution in [2.75, 3.05) is 13.1 Å². The van der Waals surface area contributed by atoms with E-state index >= 15 is 0 Å². The summed E-state index contributed by atoms with van der Waals surface area (Å²) in [6, 6.07) is 4.63. The third-order valence-electron chi connectivity index (χ3n) is 4.31. The fraction of sp³-hybridized carbons (Fsp3) is 0.462. The van der Waals surface area contributed by atoms with Crippen molar-refractivity contribution in [1.29, 1.82) is 0 Å². The van der Waals surface area contributed by atoms with Crippen LogP contribution < -0.4 is 15.5 Å². The number of thiocarbonyl (C=S) groups is 1. The average molecular weight is 278 g/mol. The summed E-state index contributed by atoms with van der Waals surface area (Å²) in [5.41, 5.74) is 2.94. The molecule has 0 aliphatic carbocycles. The SMILES string of the molecule is S=C1NC2=C([C@@H](c3cccs3)N1)[NH+]1CCC2CC1. The maximum atomic E-state index is 5.38. The monoisotopic (exact) mass is 278 g/mol. The third kappa shape index (κ3) is 1.54. The lowest BCUT2D eigenvalue weighted by Crippen LogP contribution is -3.14. The van der Waals surface area contributed by atoms with Gasteiger partial charge >= 0.3 is 0 Å². The van der Waals surface area contributed by atoms with Crippen molar-refractivity contribution in [3.63, 3.8) is 0 Å². The van der Waals surface area contributed by atoms with Crippen LogP contribution in [0, 0.1) is 5.92 Å². The molecule has 18 heavy (non-hydrogen) atoms. The molecule has 5 rings (SSSR count). The van der Waals surface area contributed by atoms with E-state index in [-0.39, 0.29) is 0 Å². The zero-order valence-electron chi connectivity index (χ0n) is 10.0. The molecule has 1 aromatic rings. The largest absolute Gasteiger partial charge is 0.346 e. The average Bonchev–Trinajstić information content (AvgIpc) is 2.92. The molecular weight excluding hydrogens is 262 g/mol. The lowest BCUT2D eigenvalue weighted by atomic mass is 9.84. The van der Waals surface area contributed by atoms with E-state index in [1.165, 1.54) is 42.2 Å². The summed E-state index contributed by atoms with van der Waals surface area (Å²) in [6.45, 7) is 2.56. The molecule has 2 bridgehead atoms. The summed E-state index contributed by atoms with van der Waals surface area (Å²) >= 11 is 7.20. The van der Waals surface area contributed by atoms with E-state index < -0.39 is 0 Å². The smallest absolute Gasteiger partial charge is 0.171 e. The fourth-order valence-electron chi connectivity index (χ4n) is 3.49. The Bertz CT molecular complexity index is 512. The summed E-state index contributed by atoms with van der Waals surface area (Å²) in [7, 11) is 0. The van der Waals surface area contributed by atoms with Gasteiger partial charge in [0.1, 0.15) is 6.04 Å². The number of allylic oxidation sites excluding steroid dienone is 1. The van der Waals surface area contributed by atoms with Gasteiger partial charge in [0.15, 0.2) is 10.8 Å². The maximum absolute atomic E-state index is 5.38. The Morgan fingerprint density at radius 3 is 2.89 bits per heavy atom. The number of quaternary nitrogens is 1. The molecule has 0 radical (unpaired) electrons. The summed E-state index contributed by atoms with van der Waals surface area (Å²) in [6.07, 6.45) is 2.61. The minimum atomic E-state index is 0.298. The van der Waals surface area contributed by atoms with E-state index in [4.69, 9.17) is 12.2 Å². The van der Waals surface area contributed by atoms with Crippen LogP contribution in [0.15, 0.2) is 28.9 Å². The van der Waals surface area contributed by atoms with Gasteiger partial charge in [-0.2, -0.15) is 0 Å². The zero-order valence-corrected chi connectivity index (χ0v) is 11.7. The van der Waals surface area contributed by atoms with Crippen LogP contribution in [-0.4, -0.2) is 18.2 Å². The molecule has 1 saturated heterocycles. The summed E-state index contributed by atoms with van der Waals surface area (Å²) in [4.78, 5) is 3.03. The van der Waals surface area contributed by atoms with E-state index in [1.807, 2.05) is 11.3 Å². The van der Waals surface area contributed by atoms with Crippen LogP contribution in [0.3, 0.4) is 0 Å². The van der Waals surface area contributed by atoms with Crippen LogP contribution >= 0.6 is 23.6 Å². The minimum Gasteiger partial charge on any atom is -0.346 e. The standard InChI is InChI=1S/C13H15N3S2/c17-13-14-10-8-3-5-16(6-4-8)12(10)11(15-13)9-2-1-7-18-9/h1-2,7-8,11H,3-6H2,(H2,14,15,17)/p+1/t11-/m1/s1. The van der Waals surface area contributed by atoms with Gasteiger partial charge in [0, 0.05) is 23.6 Å². The maximum Gasteiger partial charge on any atom is 0.171 e. The molecule has 0 aromatic carbocycles. The molecule has 3 nitrogen and oxygen atoms in total. The number of rotatable bonds is 1. The first-order valence-corrected chi connectivity index (χ1v) is 7.82. The number of fused-ring (bicyclic) bond motifs is 2. The van der Waals surface area contributed by atoms with Gasteiger partial charge < -0.3 is 15.5 Å². The molecule has 3 N–H and O–H groups in total. The molecule has 0 spiro atoms. The molecule has 4 aliphatic rings. The van der Waals surface area contributed by atoms with Gasteiger partial charge in [0.2, 0.25) is 0 Å². The number of thiophene rings is 1. The number of hydrogen-bond acceptors (Lipinski definition) is 2. The van der Waals surface area contributed by atoms with Gasteiger partial charge in [-0.05, 0) is 23.7 Å². The highest BCUT2D eigenvalue weighted by molar-refractivity contribution is 7.80. The Morgan fingerprint density at radius 1 is 1.33 bits per heavy atom. The lowest BCUT2D eigenvalue weighted by molar-refractivity contribution is -0.875. The first-order chi connectivity index (χ1) is 8.83. The van der Waals surface area contributed by atoms with Gasteiger partial charge in [-0.15, -0.1) is 11.3 Å². The van der Waals surface area contributed by atoms with E-state index in [1.54, 1.807) is 4.90 Å². The van der Waals surface area contributed by atoms with E-state index in [9.17, 15) is 0 Å². The Labute approximate surface area is 116 Å². The van der Waals surface area contributed by atoms with Crippen LogP contribution in [-0.2, 0) is 0 Å². The quantitative estimate of drug-likeness (QED) is 0.663. The van der Waals surface area contributed by atoms with Crippen molar-refractivity contribution in [3.05, 3.63) is 33.8 Å². The number of piperidine rings is 1. The zero-order chi connectivity index (χ0) is 12.1. The first-order valence-electron chi connectivity index (χ1n) is 6.53. The minimum absolute atomic E-state index is 0.298. The second kappa shape index (κ2) is 4.05. The Balaban J connectivity index is 1.83. The van der Waals surface area contributed by atoms with E-state index in [2.05, 4.69) is 28.1 Å². The van der Waals surface area contributed by atoms with Crippen LogP contribution in [0.25, 0.3) is 0 Å². The van der Waals surface area contributed by atoms with Crippen molar-refractivity contribution in [1.82, 2.24) is 10.6 Å². The van der Waals surface area contributed by atoms with Crippen LogP contribution in [0.4, 0.5) is 0 Å². The molecule has 1 atom stereocenters. The fourth-order valence-corrected chi connectivity index (χ4v) is 4.51. The number of nitrogens with one attached hydrogen (secondary N) is 3. The summed E-state index contributed by atoms with van der Waals surface area (Å²) in [5, 5.41) is 9.82. The number of hydrogen-bond donors (Lipinski definition) is 3. The van der Waals surface area contributed by atoms with E-state index in [0.717, 1.165) is 5.11 Å². The molecule has 0 amide bonds. The highest BCUT2D eigenvalue weighted by atomic mass is 32.1. The summed E-state index contributed by atoms with van der Waals surface area (Å²) < 4.78 is 0. The lowest BCUT2D eigenvalue weighted by Gasteiger charge is -2.44. The van der Waals surface area contributed by atoms with Crippen molar-refractivity contribution in [3.8, 4) is 0 Å². The predicted molar refractivity (Wildman–Crippen MR) is 76.4 cm³/mol. The Kier molecular flexibility index (Phi) is 2.46. The molecule has 94 valence electrons. The highest BCUT2D eigenvalue weighted by Crippen LogP contribution is 2.34. The van der Waals surface area contributed by atoms with Gasteiger partial charge in [0.05, 0.1) is 18.8 Å². The van der Waals surface area contributed by atoms with Crippen molar-refractivity contribution >= 4 is 28.7 Å². The first kappa shape index (κ1) is 11.0. The van der Waals surface area contributed by atoms with Gasteiger partial charge in [-0.1, -0.05) is 6.07 Å². The van der Waals surface area contributed by atoms with Gasteiger partial charge in [-0.3, -0.25) is 0 Å². The normalized spacial score (nSPS) is 34.0. The van der Waals surface area contributed by atoms with Crippen molar-refractivity contribution < 1.29 is 4.90 Å². The van der Waals surface area contributed by atoms with Crippen molar-refractivity contribution in [2.45, 2.75) is 18.9 Å². The second-order valence-corrected chi connectivity index (χ2v) is 6.64. The molecule has 0 saturated carbocycles. The summed E-state index contributed by atoms with van der Waals surface area (Å²) in [5.74, 6) is 0.708. The Morgan fingerprint density at radius 2 is 2.17 bits per heavy atom. The van der Waals surface area contributed by atoms with Crippen LogP contribution in [0.5, 0.6) is 0 Å². The van der Waals surface area contributed by atoms with Crippen LogP contribution in [0.1, 0.15) is 23.8 Å². The predicted octanol–water partition coefficient (Wildman–Crippen LogP) is 0.787. The van der Waals surface area contributed by atoms with E-state index in [0.29, 0.717) is 12.0 Å². The Hall–Kier alpha value is -0.910. The highest BCUT2D eigenvalue weighted by Gasteiger charge is 2.44. The van der Waals surface area contributed by atoms with Gasteiger partial charge in [0.25, 0.3) is 0 Å². The van der Waals surface area contributed by atoms with Crippen LogP contribution in [0.2, 0.25) is 0 Å². The molecule has 5 heteroatoms. The molecule has 5 heterocycles. The molecule has 0 unspecified atom stereocenters. The third-order valence-corrected chi connectivity index (χ3v) is 5.47. The molecular formula is C13H16N3S2+. The topological polar surface area (TPSA) is 28.5 Å². The second-order valence-electron chi connectivity index (χ2n) is 5.25.